The molecule has 0 radical (unpaired) electrons. The summed E-state index contributed by atoms with van der Waals surface area (Å²) in [5.74, 6) is 1.12. The minimum absolute atomic E-state index is 0.178. The van der Waals surface area contributed by atoms with Crippen molar-refractivity contribution in [1.82, 2.24) is 4.90 Å². The fourth-order valence-corrected chi connectivity index (χ4v) is 4.84. The van der Waals surface area contributed by atoms with E-state index in [2.05, 4.69) is 6.07 Å². The van der Waals surface area contributed by atoms with Crippen LogP contribution in [0, 0.1) is 0 Å². The van der Waals surface area contributed by atoms with E-state index in [1.807, 2.05) is 30.1 Å². The highest BCUT2D eigenvalue weighted by Crippen LogP contribution is 2.29. The van der Waals surface area contributed by atoms with Gasteiger partial charge in [0.1, 0.15) is 0 Å². The first-order valence-electron chi connectivity index (χ1n) is 9.36. The average molecular weight is 348 g/mol. The number of nitrogens with zero attached hydrogens (tertiary/aromatic N) is 1. The number of hydrogen-bond donors (Lipinski definition) is 0. The molecule has 1 atom stereocenters. The first-order chi connectivity index (χ1) is 11.8. The molecule has 1 aliphatic heterocycles. The van der Waals surface area contributed by atoms with Crippen molar-refractivity contribution in [2.75, 3.05) is 19.4 Å². The van der Waals surface area contributed by atoms with Gasteiger partial charge in [0.2, 0.25) is 0 Å². The van der Waals surface area contributed by atoms with Crippen LogP contribution in [0.5, 0.6) is 0 Å². The molecule has 2 fully saturated rings. The van der Waals surface area contributed by atoms with Crippen molar-refractivity contribution in [3.8, 4) is 0 Å². The summed E-state index contributed by atoms with van der Waals surface area (Å²) in [6.45, 7) is 0.885. The predicted octanol–water partition coefficient (Wildman–Crippen LogP) is 4.75. The number of benzene rings is 1. The van der Waals surface area contributed by atoms with E-state index in [9.17, 15) is 4.79 Å². The zero-order chi connectivity index (χ0) is 16.8. The second-order valence-electron chi connectivity index (χ2n) is 7.00. The second kappa shape index (κ2) is 8.91. The van der Waals surface area contributed by atoms with Crippen LogP contribution in [0.1, 0.15) is 61.7 Å². The van der Waals surface area contributed by atoms with Crippen molar-refractivity contribution in [2.24, 2.45) is 0 Å². The smallest absolute Gasteiger partial charge is 0.254 e. The van der Waals surface area contributed by atoms with Gasteiger partial charge in [-0.25, -0.2) is 0 Å². The average Bonchev–Trinajstić information content (AvgIpc) is 2.99. The van der Waals surface area contributed by atoms with Crippen LogP contribution in [0.3, 0.4) is 0 Å². The van der Waals surface area contributed by atoms with Crippen molar-refractivity contribution >= 4 is 17.7 Å². The first kappa shape index (κ1) is 17.8. The molecule has 132 valence electrons. The standard InChI is InChI=1S/C20H29NO2S/c1-21(16-9-4-2-3-5-10-16)20(22)18-12-6-7-13-19(18)24-15-17-11-8-14-23-17/h6-7,12-13,16-17H,2-5,8-11,14-15H2,1H3. The maximum atomic E-state index is 13.1. The molecule has 1 amide bonds. The van der Waals surface area contributed by atoms with Gasteiger partial charge in [0.25, 0.3) is 5.91 Å². The lowest BCUT2D eigenvalue weighted by molar-refractivity contribution is 0.0714. The van der Waals surface area contributed by atoms with Crippen molar-refractivity contribution in [1.29, 1.82) is 0 Å². The van der Waals surface area contributed by atoms with Crippen LogP contribution in [0.25, 0.3) is 0 Å². The number of amides is 1. The number of carbonyl (C=O) groups is 1. The lowest BCUT2D eigenvalue weighted by Crippen LogP contribution is -2.37. The molecule has 3 nitrogen and oxygen atoms in total. The summed E-state index contributed by atoms with van der Waals surface area (Å²) < 4.78 is 5.72. The zero-order valence-corrected chi connectivity index (χ0v) is 15.5. The molecule has 0 spiro atoms. The van der Waals surface area contributed by atoms with E-state index in [4.69, 9.17) is 4.74 Å². The predicted molar refractivity (Wildman–Crippen MR) is 99.7 cm³/mol. The van der Waals surface area contributed by atoms with E-state index in [-0.39, 0.29) is 5.91 Å². The number of thioether (sulfide) groups is 1. The van der Waals surface area contributed by atoms with Crippen LogP contribution in [-0.2, 0) is 4.74 Å². The summed E-state index contributed by atoms with van der Waals surface area (Å²) in [5.41, 5.74) is 0.854. The Morgan fingerprint density at radius 3 is 2.58 bits per heavy atom. The Hall–Kier alpha value is -1.00. The Balaban J connectivity index is 1.66. The van der Waals surface area contributed by atoms with Crippen molar-refractivity contribution in [3.63, 3.8) is 0 Å². The molecule has 1 saturated heterocycles. The number of rotatable bonds is 5. The van der Waals surface area contributed by atoms with Gasteiger partial charge in [-0.2, -0.15) is 0 Å². The molecule has 1 aliphatic carbocycles. The Morgan fingerprint density at radius 1 is 1.12 bits per heavy atom. The lowest BCUT2D eigenvalue weighted by Gasteiger charge is -2.28. The van der Waals surface area contributed by atoms with Crippen LogP contribution >= 0.6 is 11.8 Å². The highest BCUT2D eigenvalue weighted by atomic mass is 32.2. The third kappa shape index (κ3) is 4.54. The van der Waals surface area contributed by atoms with E-state index in [0.717, 1.165) is 48.5 Å². The molecular weight excluding hydrogens is 318 g/mol. The van der Waals surface area contributed by atoms with Crippen molar-refractivity contribution in [3.05, 3.63) is 29.8 Å². The van der Waals surface area contributed by atoms with Gasteiger partial charge in [0.15, 0.2) is 0 Å². The maximum absolute atomic E-state index is 13.1. The van der Waals surface area contributed by atoms with Gasteiger partial charge in [0.05, 0.1) is 11.7 Å². The molecule has 1 heterocycles. The molecular formula is C20H29NO2S. The quantitative estimate of drug-likeness (QED) is 0.568. The van der Waals surface area contributed by atoms with Gasteiger partial charge in [-0.3, -0.25) is 4.79 Å². The molecule has 0 aromatic heterocycles. The molecule has 1 aromatic carbocycles. The summed E-state index contributed by atoms with van der Waals surface area (Å²) in [6, 6.07) is 8.46. The molecule has 24 heavy (non-hydrogen) atoms. The summed E-state index contributed by atoms with van der Waals surface area (Å²) in [5, 5.41) is 0. The molecule has 3 rings (SSSR count). The molecule has 0 N–H and O–H groups in total. The zero-order valence-electron chi connectivity index (χ0n) is 14.7. The van der Waals surface area contributed by atoms with Crippen LogP contribution < -0.4 is 0 Å². The van der Waals surface area contributed by atoms with E-state index >= 15 is 0 Å². The number of ether oxygens (including phenoxy) is 1. The van der Waals surface area contributed by atoms with Gasteiger partial charge in [0, 0.05) is 30.3 Å². The molecule has 1 unspecified atom stereocenters. The SMILES string of the molecule is CN(C(=O)c1ccccc1SCC1CCCO1)C1CCCCCC1. The van der Waals surface area contributed by atoms with Crippen molar-refractivity contribution in [2.45, 2.75) is 68.4 Å². The van der Waals surface area contributed by atoms with E-state index in [0.29, 0.717) is 12.1 Å². The van der Waals surface area contributed by atoms with Gasteiger partial charge < -0.3 is 9.64 Å². The summed E-state index contributed by atoms with van der Waals surface area (Å²) in [4.78, 5) is 16.1. The summed E-state index contributed by atoms with van der Waals surface area (Å²) in [6.07, 6.45) is 10.1. The molecule has 1 saturated carbocycles. The number of hydrogen-bond acceptors (Lipinski definition) is 3. The normalized spacial score (nSPS) is 22.3. The van der Waals surface area contributed by atoms with E-state index in [1.165, 1.54) is 25.7 Å². The Bertz CT molecular complexity index is 534. The molecule has 1 aromatic rings. The first-order valence-corrected chi connectivity index (χ1v) is 10.3. The highest BCUT2D eigenvalue weighted by molar-refractivity contribution is 7.99. The van der Waals surface area contributed by atoms with Crippen LogP contribution in [0.4, 0.5) is 0 Å². The lowest BCUT2D eigenvalue weighted by atomic mass is 10.1. The fourth-order valence-electron chi connectivity index (χ4n) is 3.73. The van der Waals surface area contributed by atoms with Gasteiger partial charge in [-0.05, 0) is 37.8 Å². The topological polar surface area (TPSA) is 29.5 Å². The fraction of sp³-hybridized carbons (Fsp3) is 0.650. The Labute approximate surface area is 150 Å². The molecule has 2 aliphatic rings. The third-order valence-electron chi connectivity index (χ3n) is 5.26. The molecule has 0 bridgehead atoms. The van der Waals surface area contributed by atoms with Crippen molar-refractivity contribution < 1.29 is 9.53 Å². The third-order valence-corrected chi connectivity index (χ3v) is 6.46. The Morgan fingerprint density at radius 2 is 1.88 bits per heavy atom. The summed E-state index contributed by atoms with van der Waals surface area (Å²) in [7, 11) is 1.99. The highest BCUT2D eigenvalue weighted by Gasteiger charge is 2.24. The largest absolute Gasteiger partial charge is 0.377 e. The van der Waals surface area contributed by atoms with Crippen LogP contribution in [-0.4, -0.2) is 42.4 Å². The summed E-state index contributed by atoms with van der Waals surface area (Å²) >= 11 is 1.77. The second-order valence-corrected chi connectivity index (χ2v) is 8.07. The van der Waals surface area contributed by atoms with E-state index in [1.54, 1.807) is 11.8 Å². The van der Waals surface area contributed by atoms with Gasteiger partial charge in [-0.15, -0.1) is 11.8 Å². The minimum atomic E-state index is 0.178. The maximum Gasteiger partial charge on any atom is 0.254 e. The monoisotopic (exact) mass is 347 g/mol. The van der Waals surface area contributed by atoms with Crippen LogP contribution in [0.2, 0.25) is 0 Å². The minimum Gasteiger partial charge on any atom is -0.377 e. The van der Waals surface area contributed by atoms with Gasteiger partial charge >= 0.3 is 0 Å². The van der Waals surface area contributed by atoms with Crippen LogP contribution in [0.15, 0.2) is 29.2 Å². The molecule has 4 heteroatoms. The Kier molecular flexibility index (Phi) is 6.61. The van der Waals surface area contributed by atoms with Gasteiger partial charge in [-0.1, -0.05) is 37.8 Å². The van der Waals surface area contributed by atoms with E-state index < -0.39 is 0 Å². The number of carbonyl (C=O) groups excluding carboxylic acids is 1.